The summed E-state index contributed by atoms with van der Waals surface area (Å²) in [5.41, 5.74) is 9.69. The summed E-state index contributed by atoms with van der Waals surface area (Å²) in [5, 5.41) is 3.20. The Morgan fingerprint density at radius 3 is 2.45 bits per heavy atom. The number of carbonyl (C=O) groups excluding carboxylic acids is 1. The lowest BCUT2D eigenvalue weighted by atomic mass is 10.0. The van der Waals surface area contributed by atoms with Crippen molar-refractivity contribution in [2.24, 2.45) is 5.73 Å². The van der Waals surface area contributed by atoms with E-state index in [-0.39, 0.29) is 5.91 Å². The maximum atomic E-state index is 11.7. The molecule has 0 spiro atoms. The molecular formula is C17H20N2O. The van der Waals surface area contributed by atoms with Gasteiger partial charge in [0, 0.05) is 5.69 Å². The van der Waals surface area contributed by atoms with E-state index in [9.17, 15) is 4.79 Å². The highest BCUT2D eigenvalue weighted by Gasteiger charge is 2.17. The van der Waals surface area contributed by atoms with Gasteiger partial charge in [-0.05, 0) is 42.2 Å². The summed E-state index contributed by atoms with van der Waals surface area (Å²) >= 11 is 0. The second kappa shape index (κ2) is 6.24. The van der Waals surface area contributed by atoms with E-state index < -0.39 is 6.04 Å². The van der Waals surface area contributed by atoms with Crippen molar-refractivity contribution in [3.63, 3.8) is 0 Å². The number of anilines is 1. The third kappa shape index (κ3) is 3.38. The molecule has 0 saturated carbocycles. The average Bonchev–Trinajstić information content (AvgIpc) is 2.45. The quantitative estimate of drug-likeness (QED) is 0.875. The van der Waals surface area contributed by atoms with Gasteiger partial charge in [-0.25, -0.2) is 0 Å². The first-order valence-corrected chi connectivity index (χ1v) is 6.81. The molecule has 0 aromatic heterocycles. The average molecular weight is 268 g/mol. The fourth-order valence-electron chi connectivity index (χ4n) is 2.17. The molecule has 2 rings (SSSR count). The van der Waals surface area contributed by atoms with E-state index in [0.29, 0.717) is 0 Å². The summed E-state index contributed by atoms with van der Waals surface area (Å²) < 4.78 is 0. The van der Waals surface area contributed by atoms with Gasteiger partial charge in [-0.15, -0.1) is 0 Å². The smallest absolute Gasteiger partial charge is 0.244 e. The number of benzene rings is 2. The van der Waals surface area contributed by atoms with Crippen LogP contribution in [0.4, 0.5) is 5.69 Å². The van der Waals surface area contributed by atoms with Crippen molar-refractivity contribution in [2.75, 3.05) is 5.32 Å². The molecular weight excluding hydrogens is 248 g/mol. The molecule has 0 aliphatic carbocycles. The highest BCUT2D eigenvalue weighted by molar-refractivity contribution is 5.84. The maximum absolute atomic E-state index is 11.7. The standard InChI is InChI=1S/C17H20N2O/c1-3-13-7-9-14(10-8-13)16(17(18)20)19-15-6-4-5-12(2)11-15/h4-11,16,19H,3H2,1-2H3,(H2,18,20). The highest BCUT2D eigenvalue weighted by atomic mass is 16.1. The normalized spacial score (nSPS) is 11.9. The Morgan fingerprint density at radius 2 is 1.90 bits per heavy atom. The molecule has 0 saturated heterocycles. The molecule has 0 radical (unpaired) electrons. The van der Waals surface area contributed by atoms with Crippen LogP contribution < -0.4 is 11.1 Å². The molecule has 3 N–H and O–H groups in total. The molecule has 0 fully saturated rings. The second-order valence-electron chi connectivity index (χ2n) is 4.94. The highest BCUT2D eigenvalue weighted by Crippen LogP contribution is 2.21. The van der Waals surface area contributed by atoms with Gasteiger partial charge in [-0.2, -0.15) is 0 Å². The van der Waals surface area contributed by atoms with Crippen LogP contribution in [0.5, 0.6) is 0 Å². The van der Waals surface area contributed by atoms with Crippen LogP contribution in [0.15, 0.2) is 48.5 Å². The number of aryl methyl sites for hydroxylation is 2. The van der Waals surface area contributed by atoms with Crippen LogP contribution in [-0.4, -0.2) is 5.91 Å². The van der Waals surface area contributed by atoms with Crippen LogP contribution >= 0.6 is 0 Å². The Balaban J connectivity index is 2.24. The minimum absolute atomic E-state index is 0.379. The Hall–Kier alpha value is -2.29. The zero-order valence-corrected chi connectivity index (χ0v) is 11.9. The fourth-order valence-corrected chi connectivity index (χ4v) is 2.17. The Morgan fingerprint density at radius 1 is 1.20 bits per heavy atom. The first kappa shape index (κ1) is 14.1. The number of rotatable bonds is 5. The monoisotopic (exact) mass is 268 g/mol. The Kier molecular flexibility index (Phi) is 4.41. The first-order chi connectivity index (χ1) is 9.60. The number of nitrogens with two attached hydrogens (primary N) is 1. The molecule has 2 aromatic rings. The predicted octanol–water partition coefficient (Wildman–Crippen LogP) is 3.20. The number of hydrogen-bond acceptors (Lipinski definition) is 2. The topological polar surface area (TPSA) is 55.1 Å². The van der Waals surface area contributed by atoms with Gasteiger partial charge in [0.2, 0.25) is 5.91 Å². The Labute approximate surface area is 119 Å². The Bertz CT molecular complexity index is 590. The van der Waals surface area contributed by atoms with Crippen LogP contribution in [0.25, 0.3) is 0 Å². The molecule has 0 heterocycles. The third-order valence-corrected chi connectivity index (χ3v) is 3.33. The van der Waals surface area contributed by atoms with E-state index in [1.165, 1.54) is 5.56 Å². The largest absolute Gasteiger partial charge is 0.370 e. The van der Waals surface area contributed by atoms with Crippen molar-refractivity contribution < 1.29 is 4.79 Å². The van der Waals surface area contributed by atoms with Gasteiger partial charge >= 0.3 is 0 Å². The summed E-state index contributed by atoms with van der Waals surface area (Å²) in [4.78, 5) is 11.7. The molecule has 3 nitrogen and oxygen atoms in total. The van der Waals surface area contributed by atoms with Gasteiger partial charge in [0.05, 0.1) is 0 Å². The number of primary amides is 1. The summed E-state index contributed by atoms with van der Waals surface area (Å²) in [7, 11) is 0. The molecule has 0 bridgehead atoms. The summed E-state index contributed by atoms with van der Waals surface area (Å²) in [6.07, 6.45) is 0.979. The van der Waals surface area contributed by atoms with Crippen molar-refractivity contribution in [3.05, 3.63) is 65.2 Å². The predicted molar refractivity (Wildman–Crippen MR) is 82.6 cm³/mol. The van der Waals surface area contributed by atoms with E-state index in [2.05, 4.69) is 12.2 Å². The van der Waals surface area contributed by atoms with E-state index in [0.717, 1.165) is 23.2 Å². The molecule has 20 heavy (non-hydrogen) atoms. The lowest BCUT2D eigenvalue weighted by Crippen LogP contribution is -2.27. The zero-order valence-electron chi connectivity index (χ0n) is 11.9. The van der Waals surface area contributed by atoms with Crippen LogP contribution in [0.3, 0.4) is 0 Å². The summed E-state index contributed by atoms with van der Waals surface area (Å²) in [6.45, 7) is 4.12. The van der Waals surface area contributed by atoms with Crippen molar-refractivity contribution in [2.45, 2.75) is 26.3 Å². The molecule has 1 amide bonds. The van der Waals surface area contributed by atoms with Crippen molar-refractivity contribution in [1.29, 1.82) is 0 Å². The molecule has 1 unspecified atom stereocenters. The SMILES string of the molecule is CCc1ccc(C(Nc2cccc(C)c2)C(N)=O)cc1. The van der Waals surface area contributed by atoms with Crippen LogP contribution in [-0.2, 0) is 11.2 Å². The third-order valence-electron chi connectivity index (χ3n) is 3.33. The van der Waals surface area contributed by atoms with E-state index in [4.69, 9.17) is 5.73 Å². The minimum atomic E-state index is -0.511. The van der Waals surface area contributed by atoms with Crippen molar-refractivity contribution >= 4 is 11.6 Å². The lowest BCUT2D eigenvalue weighted by molar-refractivity contribution is -0.118. The van der Waals surface area contributed by atoms with Gasteiger partial charge in [-0.3, -0.25) is 4.79 Å². The van der Waals surface area contributed by atoms with Crippen LogP contribution in [0, 0.1) is 6.92 Å². The summed E-state index contributed by atoms with van der Waals surface area (Å²) in [5.74, 6) is -0.379. The van der Waals surface area contributed by atoms with Gasteiger partial charge in [0.15, 0.2) is 0 Å². The van der Waals surface area contributed by atoms with Gasteiger partial charge in [0.1, 0.15) is 6.04 Å². The first-order valence-electron chi connectivity index (χ1n) is 6.81. The number of carbonyl (C=O) groups is 1. The zero-order chi connectivity index (χ0) is 14.5. The van der Waals surface area contributed by atoms with E-state index in [1.54, 1.807) is 0 Å². The van der Waals surface area contributed by atoms with Crippen LogP contribution in [0.1, 0.15) is 29.7 Å². The van der Waals surface area contributed by atoms with Gasteiger partial charge in [-0.1, -0.05) is 43.3 Å². The molecule has 0 aliphatic heterocycles. The summed E-state index contributed by atoms with van der Waals surface area (Å²) in [6, 6.07) is 15.4. The lowest BCUT2D eigenvalue weighted by Gasteiger charge is -2.18. The number of amides is 1. The van der Waals surface area contributed by atoms with E-state index >= 15 is 0 Å². The van der Waals surface area contributed by atoms with Gasteiger partial charge in [0.25, 0.3) is 0 Å². The molecule has 0 aliphatic rings. The molecule has 2 aromatic carbocycles. The molecule has 1 atom stereocenters. The minimum Gasteiger partial charge on any atom is -0.370 e. The van der Waals surface area contributed by atoms with Crippen molar-refractivity contribution in [1.82, 2.24) is 0 Å². The van der Waals surface area contributed by atoms with Crippen molar-refractivity contribution in [3.8, 4) is 0 Å². The fraction of sp³-hybridized carbons (Fsp3) is 0.235. The van der Waals surface area contributed by atoms with Crippen LogP contribution in [0.2, 0.25) is 0 Å². The second-order valence-corrected chi connectivity index (χ2v) is 4.94. The van der Waals surface area contributed by atoms with Gasteiger partial charge < -0.3 is 11.1 Å². The van der Waals surface area contributed by atoms with E-state index in [1.807, 2.05) is 55.5 Å². The molecule has 104 valence electrons. The number of hydrogen-bond donors (Lipinski definition) is 2. The maximum Gasteiger partial charge on any atom is 0.244 e. The molecule has 3 heteroatoms. The number of nitrogens with one attached hydrogen (secondary N) is 1.